The van der Waals surface area contributed by atoms with E-state index in [1.807, 2.05) is 0 Å². The predicted octanol–water partition coefficient (Wildman–Crippen LogP) is 4.31. The van der Waals surface area contributed by atoms with E-state index in [9.17, 15) is 0 Å². The maximum Gasteiger partial charge on any atom is -0.0331 e. The molecule has 0 heterocycles. The molecule has 1 unspecified atom stereocenters. The Hall–Kier alpha value is 0. The molecular formula is C12H25. The van der Waals surface area contributed by atoms with Gasteiger partial charge in [0.2, 0.25) is 0 Å². The van der Waals surface area contributed by atoms with Gasteiger partial charge >= 0.3 is 0 Å². The van der Waals surface area contributed by atoms with E-state index in [0.717, 1.165) is 5.92 Å². The van der Waals surface area contributed by atoms with Crippen molar-refractivity contribution in [3.05, 3.63) is 6.92 Å². The van der Waals surface area contributed by atoms with Gasteiger partial charge in [0, 0.05) is 0 Å². The molecule has 1 radical (unpaired) electrons. The summed E-state index contributed by atoms with van der Waals surface area (Å²) in [5.74, 6) is 0.759. The van der Waals surface area contributed by atoms with Crippen LogP contribution < -0.4 is 0 Å². The van der Waals surface area contributed by atoms with Crippen LogP contribution in [-0.4, -0.2) is 0 Å². The van der Waals surface area contributed by atoms with E-state index in [0.29, 0.717) is 5.41 Å². The van der Waals surface area contributed by atoms with Gasteiger partial charge in [-0.05, 0) is 30.1 Å². The monoisotopic (exact) mass is 169 g/mol. The molecule has 0 saturated carbocycles. The number of rotatable bonds is 4. The second-order valence-corrected chi connectivity index (χ2v) is 5.61. The molecule has 12 heavy (non-hydrogen) atoms. The molecule has 0 spiro atoms. The Labute approximate surface area is 78.8 Å². The van der Waals surface area contributed by atoms with Gasteiger partial charge in [-0.2, -0.15) is 0 Å². The molecule has 1 atom stereocenters. The molecule has 0 aromatic carbocycles. The van der Waals surface area contributed by atoms with Crippen LogP contribution in [0, 0.1) is 23.7 Å². The van der Waals surface area contributed by atoms with Gasteiger partial charge in [-0.25, -0.2) is 0 Å². The van der Waals surface area contributed by atoms with Gasteiger partial charge < -0.3 is 0 Å². The zero-order chi connectivity index (χ0) is 9.99. The molecule has 0 fully saturated rings. The Morgan fingerprint density at radius 3 is 1.83 bits per heavy atom. The van der Waals surface area contributed by atoms with Gasteiger partial charge in [0.05, 0.1) is 0 Å². The molecule has 0 aromatic heterocycles. The lowest BCUT2D eigenvalue weighted by Gasteiger charge is -2.35. The molecular weight excluding hydrogens is 144 g/mol. The quantitative estimate of drug-likeness (QED) is 0.588. The fourth-order valence-electron chi connectivity index (χ4n) is 1.45. The van der Waals surface area contributed by atoms with Crippen molar-refractivity contribution in [2.24, 2.45) is 16.7 Å². The fourth-order valence-corrected chi connectivity index (χ4v) is 1.45. The van der Waals surface area contributed by atoms with Crippen LogP contribution in [0.5, 0.6) is 0 Å². The first kappa shape index (κ1) is 12.0. The highest BCUT2D eigenvalue weighted by atomic mass is 14.3. The average molecular weight is 169 g/mol. The first-order valence-electron chi connectivity index (χ1n) is 5.04. The molecule has 73 valence electrons. The fraction of sp³-hybridized carbons (Fsp3) is 0.917. The summed E-state index contributed by atoms with van der Waals surface area (Å²) in [6, 6.07) is 0. The van der Waals surface area contributed by atoms with Crippen LogP contribution in [0.2, 0.25) is 0 Å². The van der Waals surface area contributed by atoms with Crippen molar-refractivity contribution in [2.75, 3.05) is 0 Å². The highest BCUT2D eigenvalue weighted by Gasteiger charge is 2.27. The Morgan fingerprint density at radius 1 is 1.17 bits per heavy atom. The lowest BCUT2D eigenvalue weighted by molar-refractivity contribution is 0.169. The van der Waals surface area contributed by atoms with E-state index in [2.05, 4.69) is 48.5 Å². The molecule has 0 aliphatic rings. The predicted molar refractivity (Wildman–Crippen MR) is 57.0 cm³/mol. The van der Waals surface area contributed by atoms with Crippen molar-refractivity contribution in [1.29, 1.82) is 0 Å². The molecule has 0 amide bonds. The van der Waals surface area contributed by atoms with Crippen LogP contribution in [0.25, 0.3) is 0 Å². The minimum absolute atomic E-state index is 0.228. The number of hydrogen-bond donors (Lipinski definition) is 0. The van der Waals surface area contributed by atoms with Crippen LogP contribution in [-0.2, 0) is 0 Å². The molecule has 0 nitrogen and oxygen atoms in total. The van der Waals surface area contributed by atoms with E-state index in [1.165, 1.54) is 12.8 Å². The summed E-state index contributed by atoms with van der Waals surface area (Å²) in [6.45, 7) is 17.9. The van der Waals surface area contributed by atoms with E-state index < -0.39 is 0 Å². The minimum Gasteiger partial charge on any atom is -0.0649 e. The van der Waals surface area contributed by atoms with Crippen molar-refractivity contribution in [3.8, 4) is 0 Å². The van der Waals surface area contributed by atoms with Crippen LogP contribution in [0.1, 0.15) is 54.4 Å². The molecule has 0 saturated heterocycles. The zero-order valence-corrected chi connectivity index (χ0v) is 9.70. The molecule has 0 bridgehead atoms. The lowest BCUT2D eigenvalue weighted by Crippen LogP contribution is -2.25. The van der Waals surface area contributed by atoms with Crippen LogP contribution in [0.4, 0.5) is 0 Å². The van der Waals surface area contributed by atoms with Gasteiger partial charge in [-0.1, -0.05) is 48.0 Å². The normalized spacial score (nSPS) is 16.2. The Bertz CT molecular complexity index is 125. The largest absolute Gasteiger partial charge is 0.0649 e. The summed E-state index contributed by atoms with van der Waals surface area (Å²) in [5, 5.41) is 0. The second-order valence-electron chi connectivity index (χ2n) is 5.61. The first-order valence-corrected chi connectivity index (χ1v) is 5.04. The third kappa shape index (κ3) is 4.13. The van der Waals surface area contributed by atoms with Crippen molar-refractivity contribution in [3.63, 3.8) is 0 Å². The molecule has 0 rings (SSSR count). The van der Waals surface area contributed by atoms with Crippen LogP contribution >= 0.6 is 0 Å². The number of hydrogen-bond acceptors (Lipinski definition) is 0. The second kappa shape index (κ2) is 3.81. The first-order chi connectivity index (χ1) is 5.19. The SMILES string of the molecule is [CH2]C(C)(C)CC(C)C(C)(C)CC. The molecule has 0 aliphatic carbocycles. The van der Waals surface area contributed by atoms with E-state index >= 15 is 0 Å². The third-order valence-corrected chi connectivity index (χ3v) is 3.10. The maximum atomic E-state index is 4.16. The van der Waals surface area contributed by atoms with Crippen molar-refractivity contribution < 1.29 is 0 Å². The zero-order valence-electron chi connectivity index (χ0n) is 9.70. The Balaban J connectivity index is 4.13. The Kier molecular flexibility index (Phi) is 3.81. The van der Waals surface area contributed by atoms with E-state index in [1.54, 1.807) is 0 Å². The smallest absolute Gasteiger partial charge is 0.0331 e. The summed E-state index contributed by atoms with van der Waals surface area (Å²) >= 11 is 0. The summed E-state index contributed by atoms with van der Waals surface area (Å²) in [7, 11) is 0. The highest BCUT2D eigenvalue weighted by Crippen LogP contribution is 2.37. The van der Waals surface area contributed by atoms with Crippen molar-refractivity contribution >= 4 is 0 Å². The topological polar surface area (TPSA) is 0 Å². The van der Waals surface area contributed by atoms with Gasteiger partial charge in [-0.3, -0.25) is 0 Å². The highest BCUT2D eigenvalue weighted by molar-refractivity contribution is 4.81. The van der Waals surface area contributed by atoms with Crippen LogP contribution in [0.15, 0.2) is 0 Å². The summed E-state index contributed by atoms with van der Waals surface area (Å²) in [6.07, 6.45) is 2.47. The maximum absolute atomic E-state index is 4.16. The van der Waals surface area contributed by atoms with Gasteiger partial charge in [0.1, 0.15) is 0 Å². The third-order valence-electron chi connectivity index (χ3n) is 3.10. The van der Waals surface area contributed by atoms with Crippen molar-refractivity contribution in [1.82, 2.24) is 0 Å². The molecule has 0 N–H and O–H groups in total. The molecule has 0 aliphatic heterocycles. The van der Waals surface area contributed by atoms with Crippen molar-refractivity contribution in [2.45, 2.75) is 54.4 Å². The molecule has 0 heteroatoms. The average Bonchev–Trinajstić information content (AvgIpc) is 1.84. The van der Waals surface area contributed by atoms with Gasteiger partial charge in [0.15, 0.2) is 0 Å². The summed E-state index contributed by atoms with van der Waals surface area (Å²) in [5.41, 5.74) is 0.695. The lowest BCUT2D eigenvalue weighted by atomic mass is 9.71. The van der Waals surface area contributed by atoms with Crippen LogP contribution in [0.3, 0.4) is 0 Å². The standard InChI is InChI=1S/C12H25/c1-8-12(6,7)10(2)9-11(3,4)5/h10H,3,8-9H2,1-2,4-7H3. The van der Waals surface area contributed by atoms with E-state index in [4.69, 9.17) is 0 Å². The summed E-state index contributed by atoms with van der Waals surface area (Å²) in [4.78, 5) is 0. The van der Waals surface area contributed by atoms with Gasteiger partial charge in [0.25, 0.3) is 0 Å². The Morgan fingerprint density at radius 2 is 1.58 bits per heavy atom. The van der Waals surface area contributed by atoms with E-state index in [-0.39, 0.29) is 5.41 Å². The minimum atomic E-state index is 0.228. The summed E-state index contributed by atoms with van der Waals surface area (Å²) < 4.78 is 0. The molecule has 0 aromatic rings. The van der Waals surface area contributed by atoms with Gasteiger partial charge in [-0.15, -0.1) is 0 Å².